The molecule has 0 fully saturated rings. The summed E-state index contributed by atoms with van der Waals surface area (Å²) in [5, 5.41) is 2.03. The van der Waals surface area contributed by atoms with Crippen molar-refractivity contribution < 1.29 is 9.59 Å². The zero-order chi connectivity index (χ0) is 27.5. The van der Waals surface area contributed by atoms with E-state index in [-0.39, 0.29) is 18.4 Å². The molecule has 0 N–H and O–H groups in total. The molecule has 41 heavy (non-hydrogen) atoms. The number of imide groups is 1. The van der Waals surface area contributed by atoms with Crippen molar-refractivity contribution in [2.24, 2.45) is 0 Å². The third-order valence-corrected chi connectivity index (χ3v) is 7.94. The van der Waals surface area contributed by atoms with Crippen molar-refractivity contribution in [3.63, 3.8) is 0 Å². The number of aromatic nitrogens is 2. The Balaban J connectivity index is 1.42. The number of hydrogen-bond donors (Lipinski definition) is 0. The van der Waals surface area contributed by atoms with Gasteiger partial charge in [0.15, 0.2) is 0 Å². The predicted molar refractivity (Wildman–Crippen MR) is 162 cm³/mol. The zero-order valence-corrected chi connectivity index (χ0v) is 22.0. The standard InChI is InChI=1S/C36H23N3O2/c40-35-27-15-7-8-16-28(27)36(41)38(35)22-23-19-20-26-29(21-23)34-37-30-17-9-10-18-31(30)39(34)33(25-13-5-2-6-14-25)32(26)24-11-3-1-4-12-24/h1-21H,22H2. The first-order valence-electron chi connectivity index (χ1n) is 13.6. The van der Waals surface area contributed by atoms with Gasteiger partial charge in [0.2, 0.25) is 0 Å². The number of carbonyl (C=O) groups is 2. The van der Waals surface area contributed by atoms with Crippen molar-refractivity contribution in [3.8, 4) is 22.4 Å². The number of benzene rings is 5. The maximum atomic E-state index is 13.1. The van der Waals surface area contributed by atoms with Gasteiger partial charge in [0, 0.05) is 10.9 Å². The van der Waals surface area contributed by atoms with Crippen molar-refractivity contribution in [3.05, 3.63) is 144 Å². The van der Waals surface area contributed by atoms with Crippen LogP contribution in [0.1, 0.15) is 26.3 Å². The number of amides is 2. The number of fused-ring (bicyclic) bond motifs is 6. The van der Waals surface area contributed by atoms with Gasteiger partial charge in [-0.25, -0.2) is 4.98 Å². The lowest BCUT2D eigenvalue weighted by Gasteiger charge is -2.19. The third-order valence-electron chi connectivity index (χ3n) is 7.94. The summed E-state index contributed by atoms with van der Waals surface area (Å²) in [5.41, 5.74) is 8.92. The topological polar surface area (TPSA) is 54.7 Å². The SMILES string of the molecule is O=C1c2ccccc2C(=O)N1Cc1ccc2c(-c3ccccc3)c(-c3ccccc3)n3c4ccccc4nc3c2c1. The third kappa shape index (κ3) is 3.52. The van der Waals surface area contributed by atoms with E-state index in [0.717, 1.165) is 55.4 Å². The molecule has 8 rings (SSSR count). The van der Waals surface area contributed by atoms with Gasteiger partial charge in [-0.1, -0.05) is 97.1 Å². The lowest BCUT2D eigenvalue weighted by molar-refractivity contribution is 0.0642. The first-order chi connectivity index (χ1) is 20.2. The molecule has 0 bridgehead atoms. The van der Waals surface area contributed by atoms with Gasteiger partial charge in [0.25, 0.3) is 11.8 Å². The molecule has 2 amide bonds. The molecular formula is C36H23N3O2. The first-order valence-corrected chi connectivity index (χ1v) is 13.6. The van der Waals surface area contributed by atoms with E-state index in [4.69, 9.17) is 4.98 Å². The largest absolute Gasteiger partial charge is 0.291 e. The molecule has 3 heterocycles. The minimum Gasteiger partial charge on any atom is -0.291 e. The fourth-order valence-corrected chi connectivity index (χ4v) is 6.10. The van der Waals surface area contributed by atoms with Crippen LogP contribution in [0, 0.1) is 0 Å². The van der Waals surface area contributed by atoms with Crippen molar-refractivity contribution in [2.75, 3.05) is 0 Å². The molecule has 0 atom stereocenters. The van der Waals surface area contributed by atoms with Crippen LogP contribution in [0.25, 0.3) is 49.8 Å². The Bertz CT molecular complexity index is 2130. The molecule has 5 heteroatoms. The van der Waals surface area contributed by atoms with Gasteiger partial charge in [-0.15, -0.1) is 0 Å². The molecule has 5 nitrogen and oxygen atoms in total. The van der Waals surface area contributed by atoms with E-state index in [2.05, 4.69) is 71.1 Å². The molecule has 5 aromatic carbocycles. The monoisotopic (exact) mass is 529 g/mol. The van der Waals surface area contributed by atoms with Crippen molar-refractivity contribution in [1.29, 1.82) is 0 Å². The fraction of sp³-hybridized carbons (Fsp3) is 0.0278. The van der Waals surface area contributed by atoms with E-state index in [0.29, 0.717) is 11.1 Å². The number of hydrogen-bond acceptors (Lipinski definition) is 3. The number of para-hydroxylation sites is 2. The van der Waals surface area contributed by atoms with Crippen LogP contribution >= 0.6 is 0 Å². The highest BCUT2D eigenvalue weighted by Gasteiger charge is 2.35. The van der Waals surface area contributed by atoms with Crippen LogP contribution in [0.3, 0.4) is 0 Å². The average Bonchev–Trinajstić information content (AvgIpc) is 3.53. The van der Waals surface area contributed by atoms with E-state index >= 15 is 0 Å². The smallest absolute Gasteiger partial charge is 0.261 e. The number of nitrogens with zero attached hydrogens (tertiary/aromatic N) is 3. The maximum absolute atomic E-state index is 13.1. The van der Waals surface area contributed by atoms with Crippen LogP contribution in [0.4, 0.5) is 0 Å². The highest BCUT2D eigenvalue weighted by atomic mass is 16.2. The molecule has 0 aliphatic carbocycles. The predicted octanol–water partition coefficient (Wildman–Crippen LogP) is 7.77. The quantitative estimate of drug-likeness (QED) is 0.219. The highest BCUT2D eigenvalue weighted by Crippen LogP contribution is 2.42. The first kappa shape index (κ1) is 23.3. The molecule has 194 valence electrons. The van der Waals surface area contributed by atoms with Gasteiger partial charge in [-0.05, 0) is 52.4 Å². The van der Waals surface area contributed by atoms with Gasteiger partial charge < -0.3 is 0 Å². The number of rotatable bonds is 4. The number of imidazole rings is 1. The second kappa shape index (κ2) is 9.00. The van der Waals surface area contributed by atoms with Gasteiger partial charge in [-0.2, -0.15) is 0 Å². The van der Waals surface area contributed by atoms with E-state index in [1.165, 1.54) is 4.90 Å². The Hall–Kier alpha value is -5.55. The molecular weight excluding hydrogens is 506 g/mol. The summed E-state index contributed by atoms with van der Waals surface area (Å²) in [5.74, 6) is -0.515. The van der Waals surface area contributed by atoms with Gasteiger partial charge in [-0.3, -0.25) is 18.9 Å². The fourth-order valence-electron chi connectivity index (χ4n) is 6.10. The minimum atomic E-state index is -0.258. The minimum absolute atomic E-state index is 0.190. The Labute approximate surface area is 235 Å². The average molecular weight is 530 g/mol. The number of pyridine rings is 1. The molecule has 2 aromatic heterocycles. The molecule has 0 saturated heterocycles. The van der Waals surface area contributed by atoms with E-state index < -0.39 is 0 Å². The van der Waals surface area contributed by atoms with Crippen LogP contribution in [-0.4, -0.2) is 26.1 Å². The summed E-state index contributed by atoms with van der Waals surface area (Å²) in [6, 6.07) is 42.2. The summed E-state index contributed by atoms with van der Waals surface area (Å²) >= 11 is 0. The Morgan fingerprint density at radius 1 is 0.585 bits per heavy atom. The lowest BCUT2D eigenvalue weighted by atomic mass is 9.92. The van der Waals surface area contributed by atoms with Crippen molar-refractivity contribution in [1.82, 2.24) is 14.3 Å². The summed E-state index contributed by atoms with van der Waals surface area (Å²) in [4.78, 5) is 32.7. The van der Waals surface area contributed by atoms with Crippen LogP contribution in [0.5, 0.6) is 0 Å². The Morgan fingerprint density at radius 2 is 1.20 bits per heavy atom. The molecule has 0 unspecified atom stereocenters. The zero-order valence-electron chi connectivity index (χ0n) is 22.0. The van der Waals surface area contributed by atoms with Gasteiger partial charge in [0.05, 0.1) is 34.4 Å². The molecule has 1 aliphatic rings. The molecule has 1 aliphatic heterocycles. The summed E-state index contributed by atoms with van der Waals surface area (Å²) < 4.78 is 2.25. The highest BCUT2D eigenvalue weighted by molar-refractivity contribution is 6.21. The number of carbonyl (C=O) groups excluding carboxylic acids is 2. The van der Waals surface area contributed by atoms with Crippen LogP contribution in [-0.2, 0) is 6.54 Å². The van der Waals surface area contributed by atoms with Crippen LogP contribution < -0.4 is 0 Å². The Kier molecular flexibility index (Phi) is 5.12. The Morgan fingerprint density at radius 3 is 1.90 bits per heavy atom. The van der Waals surface area contributed by atoms with Crippen LogP contribution in [0.15, 0.2) is 127 Å². The van der Waals surface area contributed by atoms with Gasteiger partial charge in [0.1, 0.15) is 5.65 Å². The second-order valence-corrected chi connectivity index (χ2v) is 10.3. The summed E-state index contributed by atoms with van der Waals surface area (Å²) in [7, 11) is 0. The van der Waals surface area contributed by atoms with E-state index in [9.17, 15) is 9.59 Å². The van der Waals surface area contributed by atoms with E-state index in [1.807, 2.05) is 36.4 Å². The summed E-state index contributed by atoms with van der Waals surface area (Å²) in [6.07, 6.45) is 0. The molecule has 0 radical (unpaired) electrons. The molecule has 7 aromatic rings. The van der Waals surface area contributed by atoms with Gasteiger partial charge >= 0.3 is 0 Å². The molecule has 0 spiro atoms. The molecule has 0 saturated carbocycles. The van der Waals surface area contributed by atoms with Crippen molar-refractivity contribution >= 4 is 39.3 Å². The van der Waals surface area contributed by atoms with E-state index in [1.54, 1.807) is 24.3 Å². The normalized spacial score (nSPS) is 13.0. The second-order valence-electron chi connectivity index (χ2n) is 10.3. The lowest BCUT2D eigenvalue weighted by Crippen LogP contribution is -2.29. The van der Waals surface area contributed by atoms with Crippen molar-refractivity contribution in [2.45, 2.75) is 6.54 Å². The van der Waals surface area contributed by atoms with Crippen LogP contribution in [0.2, 0.25) is 0 Å². The summed E-state index contributed by atoms with van der Waals surface area (Å²) in [6.45, 7) is 0.190. The maximum Gasteiger partial charge on any atom is 0.261 e.